The van der Waals surface area contributed by atoms with Crippen LogP contribution in [0.5, 0.6) is 34.5 Å². The maximum absolute atomic E-state index is 11.0. The molecule has 6 aromatic rings. The maximum atomic E-state index is 11.0. The van der Waals surface area contributed by atoms with Gasteiger partial charge in [0, 0.05) is 37.5 Å². The number of hydrogen-bond acceptors (Lipinski definition) is 7. The van der Waals surface area contributed by atoms with Crippen molar-refractivity contribution in [2.24, 2.45) is 0 Å². The van der Waals surface area contributed by atoms with Crippen LogP contribution in [-0.2, 0) is 11.8 Å². The highest BCUT2D eigenvalue weighted by Gasteiger charge is 2.26. The summed E-state index contributed by atoms with van der Waals surface area (Å²) in [5, 5.41) is 62.9. The first-order chi connectivity index (χ1) is 22.5. The Morgan fingerprint density at radius 1 is 0.426 bits per heavy atom. The molecular formula is C40H34O6S. The van der Waals surface area contributed by atoms with E-state index in [9.17, 15) is 30.6 Å². The fraction of sp³-hybridized carbons (Fsp3) is 0.100. The molecule has 0 aliphatic heterocycles. The second kappa shape index (κ2) is 12.7. The maximum Gasteiger partial charge on any atom is 0.123 e. The molecule has 6 N–H and O–H groups in total. The normalized spacial score (nSPS) is 11.4. The lowest BCUT2D eigenvalue weighted by Crippen LogP contribution is -2.19. The summed E-state index contributed by atoms with van der Waals surface area (Å²) in [6.45, 7) is 4.08. The molecule has 0 radical (unpaired) electrons. The molecule has 7 heteroatoms. The predicted octanol–water partition coefficient (Wildman–Crippen LogP) is 9.32. The lowest BCUT2D eigenvalue weighted by Gasteiger charge is -2.28. The van der Waals surface area contributed by atoms with Gasteiger partial charge in [0.15, 0.2) is 0 Å². The van der Waals surface area contributed by atoms with E-state index < -0.39 is 5.41 Å². The standard InChI is InChI=1S/C40H34O6S/c1-40(2,26-6-16-37(44)33(21-26)32-20-25(5-15-36(32)43)19-24-3-8-28(41)9-4-24)27-7-17-38(45)34(22-27)35-23-31(14-18-39(35)46)47-30-12-10-29(42)11-13-30/h3-18,20-23,41-46H,19H2,1-2H3. The number of hydrogen-bond donors (Lipinski definition) is 6. The lowest BCUT2D eigenvalue weighted by atomic mass is 9.76. The summed E-state index contributed by atoms with van der Waals surface area (Å²) < 4.78 is 0. The largest absolute Gasteiger partial charge is 0.508 e. The van der Waals surface area contributed by atoms with Crippen molar-refractivity contribution in [1.82, 2.24) is 0 Å². The van der Waals surface area contributed by atoms with Crippen molar-refractivity contribution in [3.05, 3.63) is 144 Å². The topological polar surface area (TPSA) is 121 Å². The first-order valence-corrected chi connectivity index (χ1v) is 15.9. The molecule has 0 atom stereocenters. The molecule has 6 aromatic carbocycles. The number of phenolic OH excluding ortho intramolecular Hbond substituents is 6. The Kier molecular flexibility index (Phi) is 8.50. The van der Waals surface area contributed by atoms with Gasteiger partial charge in [0.1, 0.15) is 34.5 Å². The molecule has 0 heterocycles. The van der Waals surface area contributed by atoms with Gasteiger partial charge in [-0.05, 0) is 120 Å². The second-order valence-electron chi connectivity index (χ2n) is 12.1. The zero-order valence-corrected chi connectivity index (χ0v) is 26.7. The Bertz CT molecular complexity index is 1920. The molecule has 0 aliphatic rings. The van der Waals surface area contributed by atoms with E-state index in [0.717, 1.165) is 32.0 Å². The highest BCUT2D eigenvalue weighted by Crippen LogP contribution is 2.44. The van der Waals surface area contributed by atoms with Gasteiger partial charge in [-0.1, -0.05) is 55.9 Å². The Labute approximate surface area is 277 Å². The summed E-state index contributed by atoms with van der Waals surface area (Å²) in [4.78, 5) is 1.77. The molecule has 0 amide bonds. The monoisotopic (exact) mass is 642 g/mol. The van der Waals surface area contributed by atoms with Gasteiger partial charge in [-0.3, -0.25) is 0 Å². The third kappa shape index (κ3) is 6.71. The molecule has 6 rings (SSSR count). The number of benzene rings is 6. The molecule has 0 spiro atoms. The van der Waals surface area contributed by atoms with Gasteiger partial charge in [-0.15, -0.1) is 0 Å². The molecule has 0 unspecified atom stereocenters. The molecule has 6 nitrogen and oxygen atoms in total. The van der Waals surface area contributed by atoms with E-state index in [2.05, 4.69) is 0 Å². The van der Waals surface area contributed by atoms with Gasteiger partial charge < -0.3 is 30.6 Å². The zero-order chi connectivity index (χ0) is 33.3. The molecule has 0 aromatic heterocycles. The minimum Gasteiger partial charge on any atom is -0.508 e. The first kappa shape index (κ1) is 31.5. The van der Waals surface area contributed by atoms with Crippen molar-refractivity contribution in [2.75, 3.05) is 0 Å². The Hall–Kier alpha value is -5.53. The van der Waals surface area contributed by atoms with Crippen molar-refractivity contribution in [1.29, 1.82) is 0 Å². The number of phenols is 6. The third-order valence-electron chi connectivity index (χ3n) is 8.46. The third-order valence-corrected chi connectivity index (χ3v) is 9.46. The van der Waals surface area contributed by atoms with Crippen LogP contribution >= 0.6 is 11.8 Å². The van der Waals surface area contributed by atoms with Crippen molar-refractivity contribution in [2.45, 2.75) is 35.5 Å². The smallest absolute Gasteiger partial charge is 0.123 e. The van der Waals surface area contributed by atoms with Gasteiger partial charge in [-0.2, -0.15) is 0 Å². The van der Waals surface area contributed by atoms with Crippen molar-refractivity contribution in [3.63, 3.8) is 0 Å². The van der Waals surface area contributed by atoms with E-state index >= 15 is 0 Å². The zero-order valence-electron chi connectivity index (χ0n) is 25.8. The van der Waals surface area contributed by atoms with Gasteiger partial charge in [-0.25, -0.2) is 0 Å². The molecule has 0 fully saturated rings. The van der Waals surface area contributed by atoms with Crippen molar-refractivity contribution >= 4 is 11.8 Å². The average molecular weight is 643 g/mol. The molecule has 0 saturated carbocycles. The highest BCUT2D eigenvalue weighted by molar-refractivity contribution is 7.99. The Morgan fingerprint density at radius 2 is 0.830 bits per heavy atom. The SMILES string of the molecule is CC(C)(c1ccc(O)c(-c2cc(Cc3ccc(O)cc3)ccc2O)c1)c1ccc(O)c(-c2cc(Sc3ccc(O)cc3)ccc2O)c1. The Morgan fingerprint density at radius 3 is 1.38 bits per heavy atom. The molecule has 236 valence electrons. The average Bonchev–Trinajstić information content (AvgIpc) is 3.05. The lowest BCUT2D eigenvalue weighted by molar-refractivity contribution is 0.467. The molecular weight excluding hydrogens is 609 g/mol. The summed E-state index contributed by atoms with van der Waals surface area (Å²) in [5.41, 5.74) is 4.98. The quantitative estimate of drug-likeness (QED) is 0.0978. The van der Waals surface area contributed by atoms with E-state index in [1.165, 1.54) is 11.8 Å². The molecule has 0 bridgehead atoms. The van der Waals surface area contributed by atoms with Crippen LogP contribution < -0.4 is 0 Å². The van der Waals surface area contributed by atoms with Crippen LogP contribution in [0.2, 0.25) is 0 Å². The first-order valence-electron chi connectivity index (χ1n) is 15.1. The van der Waals surface area contributed by atoms with Crippen molar-refractivity contribution in [3.8, 4) is 56.8 Å². The van der Waals surface area contributed by atoms with Crippen LogP contribution in [-0.4, -0.2) is 30.6 Å². The van der Waals surface area contributed by atoms with Crippen LogP contribution in [0.15, 0.2) is 131 Å². The van der Waals surface area contributed by atoms with Crippen molar-refractivity contribution < 1.29 is 30.6 Å². The van der Waals surface area contributed by atoms with Crippen LogP contribution in [0.4, 0.5) is 0 Å². The van der Waals surface area contributed by atoms with E-state index in [1.807, 2.05) is 80.6 Å². The van der Waals surface area contributed by atoms with Gasteiger partial charge in [0.25, 0.3) is 0 Å². The molecule has 0 aliphatic carbocycles. The van der Waals surface area contributed by atoms with Gasteiger partial charge >= 0.3 is 0 Å². The van der Waals surface area contributed by atoms with Gasteiger partial charge in [0.05, 0.1) is 0 Å². The highest BCUT2D eigenvalue weighted by atomic mass is 32.2. The fourth-order valence-electron chi connectivity index (χ4n) is 5.65. The summed E-state index contributed by atoms with van der Waals surface area (Å²) in [5.74, 6) is 0.494. The van der Waals surface area contributed by atoms with E-state index in [-0.39, 0.29) is 34.5 Å². The minimum atomic E-state index is -0.613. The van der Waals surface area contributed by atoms with Crippen LogP contribution in [0.1, 0.15) is 36.1 Å². The summed E-state index contributed by atoms with van der Waals surface area (Å²) in [6.07, 6.45) is 0.581. The minimum absolute atomic E-state index is 0.0217. The van der Waals surface area contributed by atoms with E-state index in [1.54, 1.807) is 54.6 Å². The van der Waals surface area contributed by atoms with E-state index in [4.69, 9.17) is 0 Å². The van der Waals surface area contributed by atoms with Crippen LogP contribution in [0.25, 0.3) is 22.3 Å². The van der Waals surface area contributed by atoms with E-state index in [0.29, 0.717) is 28.7 Å². The summed E-state index contributed by atoms with van der Waals surface area (Å²) in [7, 11) is 0. The van der Waals surface area contributed by atoms with Crippen LogP contribution in [0.3, 0.4) is 0 Å². The Balaban J connectivity index is 1.34. The molecule has 0 saturated heterocycles. The second-order valence-corrected chi connectivity index (χ2v) is 13.2. The summed E-state index contributed by atoms with van der Waals surface area (Å²) >= 11 is 1.47. The van der Waals surface area contributed by atoms with Crippen LogP contribution in [0, 0.1) is 0 Å². The number of aromatic hydroxyl groups is 6. The number of rotatable bonds is 8. The fourth-order valence-corrected chi connectivity index (χ4v) is 6.51. The molecule has 47 heavy (non-hydrogen) atoms. The van der Waals surface area contributed by atoms with Gasteiger partial charge in [0.2, 0.25) is 0 Å². The summed E-state index contributed by atoms with van der Waals surface area (Å²) in [6, 6.07) is 35.0. The predicted molar refractivity (Wildman–Crippen MR) is 186 cm³/mol.